The van der Waals surface area contributed by atoms with Crippen LogP contribution in [0.5, 0.6) is 11.5 Å². The Balaban J connectivity index is 0.00000625. The highest BCUT2D eigenvalue weighted by atomic mass is 127. The Bertz CT molecular complexity index is 708. The highest BCUT2D eigenvalue weighted by Crippen LogP contribution is 2.29. The molecule has 0 heterocycles. The van der Waals surface area contributed by atoms with E-state index in [1.54, 1.807) is 40.2 Å². The third-order valence-corrected chi connectivity index (χ3v) is 4.01. The minimum Gasteiger partial charge on any atom is -0.493 e. The summed E-state index contributed by atoms with van der Waals surface area (Å²) in [7, 11) is -0.162. The first kappa shape index (κ1) is 24.7. The molecular weight excluding hydrogens is 471 g/mol. The number of aliphatic imine (C=N–C) groups is 1. The molecule has 8 nitrogen and oxygen atoms in total. The van der Waals surface area contributed by atoms with Gasteiger partial charge < -0.3 is 20.1 Å². The lowest BCUT2D eigenvalue weighted by molar-refractivity contribution is 0.355. The van der Waals surface area contributed by atoms with Gasteiger partial charge in [0.15, 0.2) is 17.5 Å². The van der Waals surface area contributed by atoms with Gasteiger partial charge in [-0.15, -0.1) is 24.0 Å². The maximum absolute atomic E-state index is 11.4. The monoisotopic (exact) mass is 500 g/mol. The number of hydrogen-bond acceptors (Lipinski definition) is 5. The second-order valence-corrected chi connectivity index (χ2v) is 7.90. The smallest absolute Gasteiger partial charge is 0.209 e. The van der Waals surface area contributed by atoms with Crippen molar-refractivity contribution in [1.82, 2.24) is 10.0 Å². The number of benzene rings is 1. The van der Waals surface area contributed by atoms with Crippen LogP contribution in [0.4, 0.5) is 5.69 Å². The van der Waals surface area contributed by atoms with Crippen LogP contribution in [0.25, 0.3) is 0 Å². The van der Waals surface area contributed by atoms with Crippen LogP contribution in [-0.2, 0) is 10.0 Å². The van der Waals surface area contributed by atoms with E-state index in [0.717, 1.165) is 11.9 Å². The van der Waals surface area contributed by atoms with Gasteiger partial charge in [0.1, 0.15) is 0 Å². The first-order valence-electron chi connectivity index (χ1n) is 7.86. The second-order valence-electron chi connectivity index (χ2n) is 6.15. The van der Waals surface area contributed by atoms with Crippen LogP contribution in [0.1, 0.15) is 20.8 Å². The topological polar surface area (TPSA) is 101 Å². The number of halogens is 1. The highest BCUT2D eigenvalue weighted by molar-refractivity contribution is 14.0. The number of sulfonamides is 1. The lowest BCUT2D eigenvalue weighted by atomic mass is 10.1. The Morgan fingerprint density at radius 3 is 2.31 bits per heavy atom. The van der Waals surface area contributed by atoms with Crippen molar-refractivity contribution in [2.24, 2.45) is 4.99 Å². The molecule has 1 aromatic carbocycles. The molecular formula is C16H29IN4O4S. The predicted molar refractivity (Wildman–Crippen MR) is 117 cm³/mol. The van der Waals surface area contributed by atoms with E-state index >= 15 is 0 Å². The summed E-state index contributed by atoms with van der Waals surface area (Å²) in [6.07, 6.45) is 1.13. The summed E-state index contributed by atoms with van der Waals surface area (Å²) in [5.41, 5.74) is 0.0688. The maximum atomic E-state index is 11.4. The van der Waals surface area contributed by atoms with E-state index in [0.29, 0.717) is 24.0 Å². The maximum Gasteiger partial charge on any atom is 0.209 e. The Kier molecular flexibility index (Phi) is 10.2. The van der Waals surface area contributed by atoms with Gasteiger partial charge in [0.25, 0.3) is 0 Å². The quantitative estimate of drug-likeness (QED) is 0.287. The van der Waals surface area contributed by atoms with E-state index in [2.05, 4.69) is 20.3 Å². The molecule has 0 aliphatic carbocycles. The summed E-state index contributed by atoms with van der Waals surface area (Å²) >= 11 is 0. The zero-order valence-electron chi connectivity index (χ0n) is 16.0. The first-order chi connectivity index (χ1) is 11.6. The van der Waals surface area contributed by atoms with Crippen molar-refractivity contribution in [2.45, 2.75) is 26.3 Å². The van der Waals surface area contributed by atoms with Crippen LogP contribution < -0.4 is 24.8 Å². The van der Waals surface area contributed by atoms with Crippen LogP contribution in [0, 0.1) is 0 Å². The van der Waals surface area contributed by atoms with Gasteiger partial charge in [0.05, 0.1) is 27.0 Å². The fourth-order valence-corrected chi connectivity index (χ4v) is 3.24. The van der Waals surface area contributed by atoms with Crippen LogP contribution in [0.2, 0.25) is 0 Å². The average molecular weight is 500 g/mol. The Morgan fingerprint density at radius 1 is 1.19 bits per heavy atom. The fourth-order valence-electron chi connectivity index (χ4n) is 2.17. The van der Waals surface area contributed by atoms with Crippen molar-refractivity contribution in [2.75, 3.05) is 38.9 Å². The third kappa shape index (κ3) is 8.90. The minimum atomic E-state index is -3.31. The molecule has 0 aliphatic rings. The molecule has 0 atom stereocenters. The molecule has 3 N–H and O–H groups in total. The Hall–Kier alpha value is -1.27. The molecule has 0 saturated carbocycles. The number of nitrogens with one attached hydrogen (secondary N) is 3. The van der Waals surface area contributed by atoms with Gasteiger partial charge in [-0.05, 0) is 32.9 Å². The zero-order valence-corrected chi connectivity index (χ0v) is 19.2. The van der Waals surface area contributed by atoms with Gasteiger partial charge in [-0.2, -0.15) is 0 Å². The average Bonchev–Trinajstić information content (AvgIpc) is 2.50. The number of ether oxygens (including phenoxy) is 2. The van der Waals surface area contributed by atoms with Crippen molar-refractivity contribution in [3.8, 4) is 11.5 Å². The molecule has 0 amide bonds. The third-order valence-electron chi connectivity index (χ3n) is 3.08. The summed E-state index contributed by atoms with van der Waals surface area (Å²) < 4.78 is 35.9. The Morgan fingerprint density at radius 2 is 1.81 bits per heavy atom. The van der Waals surface area contributed by atoms with E-state index < -0.39 is 15.6 Å². The van der Waals surface area contributed by atoms with Gasteiger partial charge in [-0.1, -0.05) is 0 Å². The summed E-state index contributed by atoms with van der Waals surface area (Å²) in [6.45, 7) is 6.43. The van der Waals surface area contributed by atoms with Crippen LogP contribution >= 0.6 is 24.0 Å². The number of guanidine groups is 1. The van der Waals surface area contributed by atoms with Crippen molar-refractivity contribution >= 4 is 45.6 Å². The van der Waals surface area contributed by atoms with Gasteiger partial charge in [-0.3, -0.25) is 4.99 Å². The second kappa shape index (κ2) is 10.8. The zero-order chi connectivity index (χ0) is 19.1. The van der Waals surface area contributed by atoms with Crippen molar-refractivity contribution in [3.05, 3.63) is 18.2 Å². The highest BCUT2D eigenvalue weighted by Gasteiger charge is 2.22. The molecule has 0 fully saturated rings. The van der Waals surface area contributed by atoms with Gasteiger partial charge in [-0.25, -0.2) is 13.1 Å². The van der Waals surface area contributed by atoms with E-state index in [1.165, 1.54) is 0 Å². The first-order valence-corrected chi connectivity index (χ1v) is 9.75. The molecule has 0 spiro atoms. The standard InChI is InChI=1S/C16H28N4O4S.HI/c1-7-17-15(18-11-16(2,3)20-25(6,21)22)19-12-8-9-13(23-4)14(10-12)24-5;/h8-10,20H,7,11H2,1-6H3,(H2,17,18,19);1H. The van der Waals surface area contributed by atoms with Gasteiger partial charge in [0.2, 0.25) is 10.0 Å². The normalized spacial score (nSPS) is 12.2. The molecule has 0 unspecified atom stereocenters. The molecule has 26 heavy (non-hydrogen) atoms. The van der Waals surface area contributed by atoms with Crippen LogP contribution in [0.3, 0.4) is 0 Å². The van der Waals surface area contributed by atoms with E-state index in [9.17, 15) is 8.42 Å². The number of methoxy groups -OCH3 is 2. The van der Waals surface area contributed by atoms with E-state index in [4.69, 9.17) is 9.47 Å². The summed E-state index contributed by atoms with van der Waals surface area (Å²) in [5.74, 6) is 1.77. The van der Waals surface area contributed by atoms with Crippen LogP contribution in [-0.4, -0.2) is 53.5 Å². The summed E-state index contributed by atoms with van der Waals surface area (Å²) in [4.78, 5) is 4.46. The van der Waals surface area contributed by atoms with E-state index in [1.807, 2.05) is 13.0 Å². The summed E-state index contributed by atoms with van der Waals surface area (Å²) in [5, 5.41) is 6.29. The van der Waals surface area contributed by atoms with Gasteiger partial charge >= 0.3 is 0 Å². The Labute approximate surface area is 173 Å². The van der Waals surface area contributed by atoms with Gasteiger partial charge in [0, 0.05) is 23.8 Å². The number of anilines is 1. The van der Waals surface area contributed by atoms with Crippen LogP contribution in [0.15, 0.2) is 23.2 Å². The van der Waals surface area contributed by atoms with Crippen molar-refractivity contribution < 1.29 is 17.9 Å². The molecule has 150 valence electrons. The molecule has 1 aromatic rings. The molecule has 0 saturated heterocycles. The molecule has 1 rings (SSSR count). The predicted octanol–water partition coefficient (Wildman–Crippen LogP) is 2.03. The molecule has 0 radical (unpaired) electrons. The molecule has 0 aliphatic heterocycles. The minimum absolute atomic E-state index is 0. The van der Waals surface area contributed by atoms with Crippen molar-refractivity contribution in [3.63, 3.8) is 0 Å². The number of rotatable bonds is 8. The SMILES string of the molecule is CCNC(=NCC(C)(C)NS(C)(=O)=O)Nc1ccc(OC)c(OC)c1.I. The lowest BCUT2D eigenvalue weighted by Crippen LogP contribution is -2.46. The molecule has 10 heteroatoms. The number of nitrogens with zero attached hydrogens (tertiary/aromatic N) is 1. The fraction of sp³-hybridized carbons (Fsp3) is 0.562. The molecule has 0 aromatic heterocycles. The lowest BCUT2D eigenvalue weighted by Gasteiger charge is -2.23. The van der Waals surface area contributed by atoms with E-state index in [-0.39, 0.29) is 30.5 Å². The largest absolute Gasteiger partial charge is 0.493 e. The summed E-state index contributed by atoms with van der Waals surface area (Å²) in [6, 6.07) is 5.43. The van der Waals surface area contributed by atoms with Crippen molar-refractivity contribution in [1.29, 1.82) is 0 Å². The molecule has 0 bridgehead atoms. The number of hydrogen-bond donors (Lipinski definition) is 3.